The number of carbonyl (C=O) groups excluding carboxylic acids is 1. The Balaban J connectivity index is 1.57. The van der Waals surface area contributed by atoms with Crippen LogP contribution in [0.5, 0.6) is 5.75 Å². The first-order chi connectivity index (χ1) is 15.6. The summed E-state index contributed by atoms with van der Waals surface area (Å²) in [5.41, 5.74) is 1.82. The number of aromatic nitrogens is 5. The van der Waals surface area contributed by atoms with Gasteiger partial charge in [0.15, 0.2) is 11.0 Å². The van der Waals surface area contributed by atoms with Crippen molar-refractivity contribution in [3.05, 3.63) is 66.9 Å². The minimum atomic E-state index is -0.133. The highest BCUT2D eigenvalue weighted by atomic mass is 32.2. The van der Waals surface area contributed by atoms with E-state index < -0.39 is 0 Å². The average molecular weight is 449 g/mol. The fourth-order valence-corrected chi connectivity index (χ4v) is 3.99. The molecule has 0 bridgehead atoms. The van der Waals surface area contributed by atoms with Crippen LogP contribution in [0.1, 0.15) is 19.9 Å². The largest absolute Gasteiger partial charge is 0.497 e. The van der Waals surface area contributed by atoms with Crippen molar-refractivity contribution in [3.8, 4) is 22.8 Å². The molecule has 0 fully saturated rings. The van der Waals surface area contributed by atoms with Gasteiger partial charge >= 0.3 is 0 Å². The quantitative estimate of drug-likeness (QED) is 0.401. The van der Waals surface area contributed by atoms with Gasteiger partial charge < -0.3 is 10.1 Å². The zero-order valence-corrected chi connectivity index (χ0v) is 18.9. The Morgan fingerprint density at radius 3 is 2.50 bits per heavy atom. The average Bonchev–Trinajstić information content (AvgIpc) is 3.45. The van der Waals surface area contributed by atoms with Crippen LogP contribution in [0.25, 0.3) is 17.1 Å². The Kier molecular flexibility index (Phi) is 6.55. The number of benzene rings is 2. The van der Waals surface area contributed by atoms with Crippen LogP contribution in [-0.4, -0.2) is 43.3 Å². The normalized spacial score (nSPS) is 11.0. The Morgan fingerprint density at radius 2 is 1.81 bits per heavy atom. The highest BCUT2D eigenvalue weighted by Gasteiger charge is 2.18. The lowest BCUT2D eigenvalue weighted by molar-refractivity contribution is -0.113. The van der Waals surface area contributed by atoms with Gasteiger partial charge in [0.2, 0.25) is 5.91 Å². The number of para-hydroxylation sites is 1. The summed E-state index contributed by atoms with van der Waals surface area (Å²) in [6.45, 7) is 4.03. The summed E-state index contributed by atoms with van der Waals surface area (Å²) in [7, 11) is 1.63. The topological polar surface area (TPSA) is 86.9 Å². The second-order valence-electron chi connectivity index (χ2n) is 7.30. The number of ether oxygens (including phenoxy) is 1. The molecule has 0 radical (unpaired) electrons. The number of hydrogen-bond acceptors (Lipinski definition) is 6. The molecule has 4 rings (SSSR count). The van der Waals surface area contributed by atoms with Gasteiger partial charge in [-0.15, -0.1) is 10.2 Å². The highest BCUT2D eigenvalue weighted by Crippen LogP contribution is 2.29. The minimum Gasteiger partial charge on any atom is -0.497 e. The van der Waals surface area contributed by atoms with Crippen molar-refractivity contribution in [2.75, 3.05) is 18.2 Å². The van der Waals surface area contributed by atoms with Crippen LogP contribution >= 0.6 is 11.8 Å². The second kappa shape index (κ2) is 9.69. The molecule has 0 atom stereocenters. The second-order valence-corrected chi connectivity index (χ2v) is 8.24. The Morgan fingerprint density at radius 1 is 1.06 bits per heavy atom. The first-order valence-corrected chi connectivity index (χ1v) is 11.2. The summed E-state index contributed by atoms with van der Waals surface area (Å²) in [4.78, 5) is 12.6. The Labute approximate surface area is 190 Å². The number of hydrogen-bond donors (Lipinski definition) is 1. The molecule has 0 spiro atoms. The minimum absolute atomic E-state index is 0.133. The number of rotatable bonds is 8. The number of amides is 1. The van der Waals surface area contributed by atoms with Crippen molar-refractivity contribution in [2.24, 2.45) is 0 Å². The maximum absolute atomic E-state index is 12.6. The van der Waals surface area contributed by atoms with Gasteiger partial charge in [-0.1, -0.05) is 30.0 Å². The van der Waals surface area contributed by atoms with E-state index in [1.165, 1.54) is 11.8 Å². The van der Waals surface area contributed by atoms with Crippen molar-refractivity contribution in [2.45, 2.75) is 25.0 Å². The van der Waals surface area contributed by atoms with Crippen molar-refractivity contribution in [1.82, 2.24) is 24.5 Å². The molecule has 1 amide bonds. The molecular formula is C23H24N6O2S. The molecule has 2 aromatic heterocycles. The molecule has 164 valence electrons. The molecule has 0 saturated heterocycles. The molecule has 0 aliphatic rings. The van der Waals surface area contributed by atoms with E-state index >= 15 is 0 Å². The van der Waals surface area contributed by atoms with Crippen LogP contribution in [0, 0.1) is 0 Å². The molecule has 0 unspecified atom stereocenters. The van der Waals surface area contributed by atoms with E-state index in [1.807, 2.05) is 73.0 Å². The van der Waals surface area contributed by atoms with Crippen LogP contribution in [0.3, 0.4) is 0 Å². The van der Waals surface area contributed by atoms with Crippen LogP contribution in [0.2, 0.25) is 0 Å². The Bertz CT molecular complexity index is 1180. The van der Waals surface area contributed by atoms with Crippen molar-refractivity contribution < 1.29 is 9.53 Å². The summed E-state index contributed by atoms with van der Waals surface area (Å²) in [5, 5.41) is 16.6. The van der Waals surface area contributed by atoms with E-state index in [0.29, 0.717) is 16.8 Å². The molecule has 0 aliphatic heterocycles. The van der Waals surface area contributed by atoms with Gasteiger partial charge in [0.05, 0.1) is 19.1 Å². The SMILES string of the molecule is COc1ccc(-c2nnc(SCC(=O)Nc3ccnn3C(C)C)n2-c2ccccc2)cc1. The zero-order chi connectivity index (χ0) is 22.5. The lowest BCUT2D eigenvalue weighted by Crippen LogP contribution is -2.18. The monoisotopic (exact) mass is 448 g/mol. The van der Waals surface area contributed by atoms with E-state index in [4.69, 9.17) is 4.74 Å². The molecule has 32 heavy (non-hydrogen) atoms. The number of carbonyl (C=O) groups is 1. The third kappa shape index (κ3) is 4.67. The first kappa shape index (κ1) is 21.6. The molecule has 9 heteroatoms. The summed E-state index contributed by atoms with van der Waals surface area (Å²) in [6.07, 6.45) is 1.68. The van der Waals surface area contributed by atoms with E-state index in [1.54, 1.807) is 24.1 Å². The number of nitrogens with zero attached hydrogens (tertiary/aromatic N) is 5. The van der Waals surface area contributed by atoms with E-state index in [2.05, 4.69) is 20.6 Å². The predicted molar refractivity (Wildman–Crippen MR) is 125 cm³/mol. The van der Waals surface area contributed by atoms with Gasteiger partial charge in [-0.25, -0.2) is 4.68 Å². The fraction of sp³-hybridized carbons (Fsp3) is 0.217. The third-order valence-corrected chi connectivity index (χ3v) is 5.68. The molecule has 1 N–H and O–H groups in total. The fourth-order valence-electron chi connectivity index (χ4n) is 3.23. The maximum atomic E-state index is 12.6. The van der Waals surface area contributed by atoms with Crippen molar-refractivity contribution in [1.29, 1.82) is 0 Å². The van der Waals surface area contributed by atoms with Gasteiger partial charge in [0, 0.05) is 23.4 Å². The summed E-state index contributed by atoms with van der Waals surface area (Å²) >= 11 is 1.33. The van der Waals surface area contributed by atoms with Gasteiger partial charge in [-0.05, 0) is 50.2 Å². The van der Waals surface area contributed by atoms with Gasteiger partial charge in [-0.2, -0.15) is 5.10 Å². The zero-order valence-electron chi connectivity index (χ0n) is 18.1. The van der Waals surface area contributed by atoms with Gasteiger partial charge in [-0.3, -0.25) is 9.36 Å². The van der Waals surface area contributed by atoms with E-state index in [-0.39, 0.29) is 17.7 Å². The molecule has 4 aromatic rings. The van der Waals surface area contributed by atoms with Crippen LogP contribution in [-0.2, 0) is 4.79 Å². The summed E-state index contributed by atoms with van der Waals surface area (Å²) in [5.74, 6) is 2.20. The van der Waals surface area contributed by atoms with E-state index in [0.717, 1.165) is 17.0 Å². The third-order valence-electron chi connectivity index (χ3n) is 4.76. The molecule has 8 nitrogen and oxygen atoms in total. The van der Waals surface area contributed by atoms with Crippen LogP contribution in [0.4, 0.5) is 5.82 Å². The number of nitrogens with one attached hydrogen (secondary N) is 1. The molecular weight excluding hydrogens is 424 g/mol. The smallest absolute Gasteiger partial charge is 0.235 e. The standard InChI is InChI=1S/C23H24N6O2S/c1-16(2)29-20(13-14-24-29)25-21(30)15-32-23-27-26-22(17-9-11-19(31-3)12-10-17)28(23)18-7-5-4-6-8-18/h4-14,16H,15H2,1-3H3,(H,25,30). The number of methoxy groups -OCH3 is 1. The molecule has 2 aromatic carbocycles. The maximum Gasteiger partial charge on any atom is 0.235 e. The number of anilines is 1. The predicted octanol–water partition coefficient (Wildman–Crippen LogP) is 4.45. The Hall–Kier alpha value is -3.59. The summed E-state index contributed by atoms with van der Waals surface area (Å²) < 4.78 is 8.99. The van der Waals surface area contributed by atoms with E-state index in [9.17, 15) is 4.79 Å². The lowest BCUT2D eigenvalue weighted by Gasteiger charge is -2.12. The highest BCUT2D eigenvalue weighted by molar-refractivity contribution is 7.99. The first-order valence-electron chi connectivity index (χ1n) is 10.2. The van der Waals surface area contributed by atoms with Crippen LogP contribution in [0.15, 0.2) is 72.0 Å². The number of thioether (sulfide) groups is 1. The van der Waals surface area contributed by atoms with Gasteiger partial charge in [0.25, 0.3) is 0 Å². The van der Waals surface area contributed by atoms with Crippen molar-refractivity contribution >= 4 is 23.5 Å². The van der Waals surface area contributed by atoms with Crippen molar-refractivity contribution in [3.63, 3.8) is 0 Å². The van der Waals surface area contributed by atoms with Gasteiger partial charge in [0.1, 0.15) is 11.6 Å². The molecule has 0 aliphatic carbocycles. The van der Waals surface area contributed by atoms with Crippen LogP contribution < -0.4 is 10.1 Å². The molecule has 2 heterocycles. The lowest BCUT2D eigenvalue weighted by atomic mass is 10.2. The summed E-state index contributed by atoms with van der Waals surface area (Å²) in [6, 6.07) is 19.4. The molecule has 0 saturated carbocycles.